The number of rotatable bonds is 3. The SMILES string of the molecule is CCCc1nc(C=O)c2cccc(C)n12. The lowest BCUT2D eigenvalue weighted by Crippen LogP contribution is -1.97. The fraction of sp³-hybridized carbons (Fsp3) is 0.333. The van der Waals surface area contributed by atoms with E-state index in [1.807, 2.05) is 25.1 Å². The van der Waals surface area contributed by atoms with Gasteiger partial charge in [-0.15, -0.1) is 0 Å². The van der Waals surface area contributed by atoms with Crippen molar-refractivity contribution >= 4 is 11.8 Å². The number of carbonyl (C=O) groups is 1. The summed E-state index contributed by atoms with van der Waals surface area (Å²) in [7, 11) is 0. The average Bonchev–Trinajstić information content (AvgIpc) is 2.59. The van der Waals surface area contributed by atoms with Gasteiger partial charge in [0.05, 0.1) is 5.52 Å². The summed E-state index contributed by atoms with van der Waals surface area (Å²) >= 11 is 0. The van der Waals surface area contributed by atoms with Crippen LogP contribution >= 0.6 is 0 Å². The second-order valence-electron chi connectivity index (χ2n) is 3.67. The van der Waals surface area contributed by atoms with Gasteiger partial charge in [-0.3, -0.25) is 4.79 Å². The summed E-state index contributed by atoms with van der Waals surface area (Å²) in [6.07, 6.45) is 2.76. The molecule has 0 amide bonds. The van der Waals surface area contributed by atoms with Crippen molar-refractivity contribution in [3.8, 4) is 0 Å². The van der Waals surface area contributed by atoms with Gasteiger partial charge < -0.3 is 4.40 Å². The molecule has 0 aromatic carbocycles. The van der Waals surface area contributed by atoms with Crippen molar-refractivity contribution in [1.82, 2.24) is 9.38 Å². The molecule has 0 aliphatic rings. The van der Waals surface area contributed by atoms with Crippen molar-refractivity contribution in [2.24, 2.45) is 0 Å². The van der Waals surface area contributed by atoms with Gasteiger partial charge >= 0.3 is 0 Å². The van der Waals surface area contributed by atoms with E-state index < -0.39 is 0 Å². The first kappa shape index (κ1) is 9.90. The maximum atomic E-state index is 10.9. The van der Waals surface area contributed by atoms with Gasteiger partial charge in [0.25, 0.3) is 0 Å². The number of carbonyl (C=O) groups excluding carboxylic acids is 1. The molecular formula is C12H14N2O. The Kier molecular flexibility index (Phi) is 2.54. The molecule has 0 bridgehead atoms. The molecule has 2 aromatic heterocycles. The molecule has 0 saturated heterocycles. The predicted molar refractivity (Wildman–Crippen MR) is 59.3 cm³/mol. The number of hydrogen-bond donors (Lipinski definition) is 0. The highest BCUT2D eigenvalue weighted by Gasteiger charge is 2.10. The number of aryl methyl sites for hydroxylation is 2. The largest absolute Gasteiger partial charge is 0.300 e. The van der Waals surface area contributed by atoms with E-state index in [9.17, 15) is 4.79 Å². The van der Waals surface area contributed by atoms with Crippen molar-refractivity contribution in [1.29, 1.82) is 0 Å². The van der Waals surface area contributed by atoms with E-state index in [4.69, 9.17) is 0 Å². The molecule has 0 atom stereocenters. The number of nitrogens with zero attached hydrogens (tertiary/aromatic N) is 2. The quantitative estimate of drug-likeness (QED) is 0.716. The zero-order chi connectivity index (χ0) is 10.8. The molecule has 15 heavy (non-hydrogen) atoms. The number of imidazole rings is 1. The minimum absolute atomic E-state index is 0.544. The summed E-state index contributed by atoms with van der Waals surface area (Å²) in [6.45, 7) is 4.14. The summed E-state index contributed by atoms with van der Waals surface area (Å²) in [5.41, 5.74) is 2.58. The zero-order valence-electron chi connectivity index (χ0n) is 9.03. The topological polar surface area (TPSA) is 34.4 Å². The molecule has 0 fully saturated rings. The minimum Gasteiger partial charge on any atom is -0.300 e. The number of fused-ring (bicyclic) bond motifs is 1. The minimum atomic E-state index is 0.544. The van der Waals surface area contributed by atoms with E-state index in [2.05, 4.69) is 16.3 Å². The molecule has 2 heterocycles. The molecule has 0 aliphatic carbocycles. The molecule has 2 rings (SSSR count). The highest BCUT2D eigenvalue weighted by Crippen LogP contribution is 2.15. The molecule has 0 unspecified atom stereocenters. The first-order valence-electron chi connectivity index (χ1n) is 5.20. The lowest BCUT2D eigenvalue weighted by Gasteiger charge is -2.03. The van der Waals surface area contributed by atoms with Gasteiger partial charge in [-0.1, -0.05) is 13.0 Å². The normalized spacial score (nSPS) is 10.8. The highest BCUT2D eigenvalue weighted by atomic mass is 16.1. The van der Waals surface area contributed by atoms with Gasteiger partial charge in [0.1, 0.15) is 11.5 Å². The van der Waals surface area contributed by atoms with Gasteiger partial charge in [-0.2, -0.15) is 0 Å². The van der Waals surface area contributed by atoms with Crippen molar-refractivity contribution in [3.63, 3.8) is 0 Å². The van der Waals surface area contributed by atoms with Crippen LogP contribution in [-0.2, 0) is 6.42 Å². The third kappa shape index (κ3) is 1.54. The Labute approximate surface area is 88.8 Å². The maximum absolute atomic E-state index is 10.9. The molecular weight excluding hydrogens is 188 g/mol. The molecule has 0 aliphatic heterocycles. The van der Waals surface area contributed by atoms with Gasteiger partial charge in [0.15, 0.2) is 6.29 Å². The lowest BCUT2D eigenvalue weighted by molar-refractivity contribution is 0.112. The Morgan fingerprint density at radius 2 is 2.27 bits per heavy atom. The highest BCUT2D eigenvalue weighted by molar-refractivity contribution is 5.83. The second-order valence-corrected chi connectivity index (χ2v) is 3.67. The first-order chi connectivity index (χ1) is 7.27. The van der Waals surface area contributed by atoms with E-state index in [1.165, 1.54) is 0 Å². The Hall–Kier alpha value is -1.64. The molecule has 3 heteroatoms. The van der Waals surface area contributed by atoms with Crippen LogP contribution in [0.15, 0.2) is 18.2 Å². The number of pyridine rings is 1. The summed E-state index contributed by atoms with van der Waals surface area (Å²) < 4.78 is 2.06. The van der Waals surface area contributed by atoms with Gasteiger partial charge in [0, 0.05) is 12.1 Å². The van der Waals surface area contributed by atoms with Crippen molar-refractivity contribution < 1.29 is 4.79 Å². The number of hydrogen-bond acceptors (Lipinski definition) is 2. The number of aldehydes is 1. The molecule has 0 radical (unpaired) electrons. The Bertz CT molecular complexity index is 500. The van der Waals surface area contributed by atoms with Crippen molar-refractivity contribution in [2.75, 3.05) is 0 Å². The van der Waals surface area contributed by atoms with Crippen LogP contribution in [0.1, 0.15) is 35.4 Å². The van der Waals surface area contributed by atoms with Crippen LogP contribution in [0.2, 0.25) is 0 Å². The molecule has 3 nitrogen and oxygen atoms in total. The zero-order valence-corrected chi connectivity index (χ0v) is 9.03. The Morgan fingerprint density at radius 3 is 2.93 bits per heavy atom. The van der Waals surface area contributed by atoms with Crippen LogP contribution in [0, 0.1) is 6.92 Å². The third-order valence-electron chi connectivity index (χ3n) is 2.54. The maximum Gasteiger partial charge on any atom is 0.170 e. The van der Waals surface area contributed by atoms with E-state index in [0.29, 0.717) is 5.69 Å². The Morgan fingerprint density at radius 1 is 1.47 bits per heavy atom. The first-order valence-corrected chi connectivity index (χ1v) is 5.20. The van der Waals surface area contributed by atoms with Crippen LogP contribution in [0.5, 0.6) is 0 Å². The van der Waals surface area contributed by atoms with Gasteiger partial charge in [-0.25, -0.2) is 4.98 Å². The van der Waals surface area contributed by atoms with Crippen LogP contribution in [0.4, 0.5) is 0 Å². The second kappa shape index (κ2) is 3.85. The third-order valence-corrected chi connectivity index (χ3v) is 2.54. The predicted octanol–water partition coefficient (Wildman–Crippen LogP) is 2.41. The fourth-order valence-electron chi connectivity index (χ4n) is 1.88. The van der Waals surface area contributed by atoms with Crippen molar-refractivity contribution in [3.05, 3.63) is 35.4 Å². The van der Waals surface area contributed by atoms with Crippen LogP contribution in [0.25, 0.3) is 5.52 Å². The monoisotopic (exact) mass is 202 g/mol. The van der Waals surface area contributed by atoms with E-state index in [0.717, 1.165) is 36.2 Å². The Balaban J connectivity index is 2.75. The smallest absolute Gasteiger partial charge is 0.170 e. The van der Waals surface area contributed by atoms with Crippen molar-refractivity contribution in [2.45, 2.75) is 26.7 Å². The molecule has 0 N–H and O–H groups in total. The van der Waals surface area contributed by atoms with Gasteiger partial charge in [-0.05, 0) is 25.5 Å². The summed E-state index contributed by atoms with van der Waals surface area (Å²) in [6, 6.07) is 5.92. The fourth-order valence-corrected chi connectivity index (χ4v) is 1.88. The lowest BCUT2D eigenvalue weighted by atomic mass is 10.3. The standard InChI is InChI=1S/C12H14N2O/c1-3-5-12-13-10(8-15)11-7-4-6-9(2)14(11)12/h4,6-8H,3,5H2,1-2H3. The van der Waals surface area contributed by atoms with Crippen LogP contribution in [-0.4, -0.2) is 15.7 Å². The molecule has 0 saturated carbocycles. The van der Waals surface area contributed by atoms with E-state index in [1.54, 1.807) is 0 Å². The van der Waals surface area contributed by atoms with Gasteiger partial charge in [0.2, 0.25) is 0 Å². The molecule has 2 aromatic rings. The summed E-state index contributed by atoms with van der Waals surface area (Å²) in [5, 5.41) is 0. The van der Waals surface area contributed by atoms with E-state index in [-0.39, 0.29) is 0 Å². The van der Waals surface area contributed by atoms with E-state index >= 15 is 0 Å². The molecule has 78 valence electrons. The number of aromatic nitrogens is 2. The average molecular weight is 202 g/mol. The summed E-state index contributed by atoms with van der Waals surface area (Å²) in [5.74, 6) is 0.979. The molecule has 0 spiro atoms. The van der Waals surface area contributed by atoms with Crippen LogP contribution < -0.4 is 0 Å². The summed E-state index contributed by atoms with van der Waals surface area (Å²) in [4.78, 5) is 15.2. The van der Waals surface area contributed by atoms with Crippen LogP contribution in [0.3, 0.4) is 0 Å².